The highest BCUT2D eigenvalue weighted by Crippen LogP contribution is 2.30. The molecule has 0 spiro atoms. The van der Waals surface area contributed by atoms with Gasteiger partial charge in [-0.2, -0.15) is 10.1 Å². The normalized spacial score (nSPS) is 21.0. The fourth-order valence-corrected chi connectivity index (χ4v) is 2.84. The number of aliphatic hydroxyl groups excluding tert-OH is 1. The second kappa shape index (κ2) is 6.36. The maximum Gasteiger partial charge on any atom is 0.226 e. The van der Waals surface area contributed by atoms with Gasteiger partial charge in [-0.15, -0.1) is 0 Å². The Bertz CT molecular complexity index is 553. The van der Waals surface area contributed by atoms with E-state index in [-0.39, 0.29) is 6.04 Å². The Morgan fingerprint density at radius 3 is 3.10 bits per heavy atom. The van der Waals surface area contributed by atoms with Gasteiger partial charge in [0.2, 0.25) is 5.89 Å². The van der Waals surface area contributed by atoms with Crippen molar-refractivity contribution in [3.63, 3.8) is 0 Å². The molecule has 0 unspecified atom stereocenters. The minimum absolute atomic E-state index is 0.154. The lowest BCUT2D eigenvalue weighted by molar-refractivity contribution is 0.0869. The molecule has 1 saturated heterocycles. The van der Waals surface area contributed by atoms with Crippen LogP contribution in [0, 0.1) is 0 Å². The summed E-state index contributed by atoms with van der Waals surface area (Å²) in [4.78, 5) is 6.66. The summed E-state index contributed by atoms with van der Waals surface area (Å²) < 4.78 is 6.95. The number of aryl methyl sites for hydroxylation is 1. The van der Waals surface area contributed by atoms with Crippen molar-refractivity contribution in [1.29, 1.82) is 0 Å². The zero-order valence-electron chi connectivity index (χ0n) is 12.2. The largest absolute Gasteiger partial charge is 0.390 e. The van der Waals surface area contributed by atoms with E-state index in [4.69, 9.17) is 4.52 Å². The van der Waals surface area contributed by atoms with Crippen LogP contribution < -0.4 is 0 Å². The topological polar surface area (TPSA) is 80.2 Å². The Hall–Kier alpha value is -1.73. The molecule has 3 rings (SSSR count). The molecule has 1 aliphatic heterocycles. The standard InChI is InChI=1S/C14H21N5O2/c1-2-13-16-14(17-21-13)12-5-3-7-18(12)9-11(20)10-19-8-4-6-15-19/h4,6,8,11-12,20H,2-3,5,7,9-10H2,1H3/t11-,12-/m0/s1. The average molecular weight is 291 g/mol. The molecule has 114 valence electrons. The van der Waals surface area contributed by atoms with Crippen molar-refractivity contribution in [2.45, 2.75) is 44.9 Å². The summed E-state index contributed by atoms with van der Waals surface area (Å²) in [5.41, 5.74) is 0. The summed E-state index contributed by atoms with van der Waals surface area (Å²) in [5.74, 6) is 1.42. The van der Waals surface area contributed by atoms with Crippen molar-refractivity contribution in [3.8, 4) is 0 Å². The van der Waals surface area contributed by atoms with Crippen LogP contribution in [0.15, 0.2) is 23.0 Å². The van der Waals surface area contributed by atoms with Gasteiger partial charge in [-0.25, -0.2) is 0 Å². The second-order valence-corrected chi connectivity index (χ2v) is 5.43. The first-order valence-corrected chi connectivity index (χ1v) is 7.48. The van der Waals surface area contributed by atoms with Crippen molar-refractivity contribution in [2.24, 2.45) is 0 Å². The molecule has 0 aromatic carbocycles. The van der Waals surface area contributed by atoms with Gasteiger partial charge in [0, 0.05) is 25.4 Å². The third-order valence-corrected chi connectivity index (χ3v) is 3.85. The van der Waals surface area contributed by atoms with Crippen molar-refractivity contribution in [2.75, 3.05) is 13.1 Å². The van der Waals surface area contributed by atoms with Crippen LogP contribution in [0.5, 0.6) is 0 Å². The lowest BCUT2D eigenvalue weighted by Crippen LogP contribution is -2.34. The molecule has 0 saturated carbocycles. The van der Waals surface area contributed by atoms with E-state index in [0.717, 1.165) is 31.6 Å². The molecule has 0 bridgehead atoms. The summed E-state index contributed by atoms with van der Waals surface area (Å²) in [6.07, 6.45) is 5.98. The number of rotatable bonds is 6. The van der Waals surface area contributed by atoms with Crippen LogP contribution in [-0.2, 0) is 13.0 Å². The van der Waals surface area contributed by atoms with Crippen LogP contribution in [0.1, 0.15) is 37.5 Å². The van der Waals surface area contributed by atoms with Crippen LogP contribution in [0.2, 0.25) is 0 Å². The molecule has 3 heterocycles. The van der Waals surface area contributed by atoms with Gasteiger partial charge >= 0.3 is 0 Å². The van der Waals surface area contributed by atoms with E-state index in [1.165, 1.54) is 0 Å². The lowest BCUT2D eigenvalue weighted by Gasteiger charge is -2.24. The zero-order chi connectivity index (χ0) is 14.7. The van der Waals surface area contributed by atoms with E-state index in [0.29, 0.717) is 19.0 Å². The maximum absolute atomic E-state index is 10.2. The Kier molecular flexibility index (Phi) is 4.31. The first kappa shape index (κ1) is 14.2. The molecule has 21 heavy (non-hydrogen) atoms. The molecule has 1 fully saturated rings. The number of hydrogen-bond acceptors (Lipinski definition) is 6. The fourth-order valence-electron chi connectivity index (χ4n) is 2.84. The number of likely N-dealkylation sites (tertiary alicyclic amines) is 1. The van der Waals surface area contributed by atoms with E-state index in [9.17, 15) is 5.11 Å². The number of hydrogen-bond donors (Lipinski definition) is 1. The van der Waals surface area contributed by atoms with Crippen molar-refractivity contribution < 1.29 is 9.63 Å². The van der Waals surface area contributed by atoms with Gasteiger partial charge in [0.1, 0.15) is 0 Å². The highest BCUT2D eigenvalue weighted by molar-refractivity contribution is 4.98. The first-order chi connectivity index (χ1) is 10.3. The molecule has 0 amide bonds. The predicted molar refractivity (Wildman–Crippen MR) is 75.5 cm³/mol. The smallest absolute Gasteiger partial charge is 0.226 e. The van der Waals surface area contributed by atoms with Gasteiger partial charge in [0.25, 0.3) is 0 Å². The highest BCUT2D eigenvalue weighted by Gasteiger charge is 2.31. The maximum atomic E-state index is 10.2. The van der Waals surface area contributed by atoms with Crippen LogP contribution >= 0.6 is 0 Å². The Morgan fingerprint density at radius 2 is 2.38 bits per heavy atom. The van der Waals surface area contributed by atoms with Crippen LogP contribution in [0.25, 0.3) is 0 Å². The predicted octanol–water partition coefficient (Wildman–Crippen LogP) is 1.03. The molecular weight excluding hydrogens is 270 g/mol. The third kappa shape index (κ3) is 3.30. The van der Waals surface area contributed by atoms with Crippen LogP contribution in [0.3, 0.4) is 0 Å². The number of aromatic nitrogens is 4. The van der Waals surface area contributed by atoms with E-state index in [2.05, 4.69) is 20.1 Å². The monoisotopic (exact) mass is 291 g/mol. The minimum atomic E-state index is -0.456. The van der Waals surface area contributed by atoms with E-state index in [1.807, 2.05) is 19.2 Å². The number of nitrogens with zero attached hydrogens (tertiary/aromatic N) is 5. The van der Waals surface area contributed by atoms with Crippen LogP contribution in [0.4, 0.5) is 0 Å². The number of β-amino-alcohol motifs (C(OH)–C–C–N with tert-alkyl or cyclic N) is 1. The summed E-state index contributed by atoms with van der Waals surface area (Å²) in [6, 6.07) is 2.01. The van der Waals surface area contributed by atoms with Gasteiger partial charge in [-0.3, -0.25) is 9.58 Å². The summed E-state index contributed by atoms with van der Waals surface area (Å²) >= 11 is 0. The lowest BCUT2D eigenvalue weighted by atomic mass is 10.2. The average Bonchev–Trinajstić information content (AvgIpc) is 3.18. The third-order valence-electron chi connectivity index (χ3n) is 3.85. The molecule has 1 aliphatic rings. The molecule has 0 aliphatic carbocycles. The SMILES string of the molecule is CCc1nc([C@@H]2CCCN2C[C@H](O)Cn2cccn2)no1. The summed E-state index contributed by atoms with van der Waals surface area (Å²) in [7, 11) is 0. The molecule has 0 radical (unpaired) electrons. The molecule has 7 heteroatoms. The van der Waals surface area contributed by atoms with Gasteiger partial charge in [-0.05, 0) is 25.5 Å². The molecule has 7 nitrogen and oxygen atoms in total. The minimum Gasteiger partial charge on any atom is -0.390 e. The molecular formula is C14H21N5O2. The van der Waals surface area contributed by atoms with Gasteiger partial charge in [-0.1, -0.05) is 12.1 Å². The Balaban J connectivity index is 1.61. The van der Waals surface area contributed by atoms with Crippen molar-refractivity contribution in [1.82, 2.24) is 24.8 Å². The van der Waals surface area contributed by atoms with E-state index in [1.54, 1.807) is 10.9 Å². The zero-order valence-corrected chi connectivity index (χ0v) is 12.2. The summed E-state index contributed by atoms with van der Waals surface area (Å²) in [5, 5.41) is 18.4. The van der Waals surface area contributed by atoms with Crippen molar-refractivity contribution >= 4 is 0 Å². The Labute approximate surface area is 123 Å². The number of aliphatic hydroxyl groups is 1. The Morgan fingerprint density at radius 1 is 1.48 bits per heavy atom. The summed E-state index contributed by atoms with van der Waals surface area (Å²) in [6.45, 7) is 4.05. The quantitative estimate of drug-likeness (QED) is 0.856. The van der Waals surface area contributed by atoms with E-state index >= 15 is 0 Å². The fraction of sp³-hybridized carbons (Fsp3) is 0.643. The first-order valence-electron chi connectivity index (χ1n) is 7.48. The van der Waals surface area contributed by atoms with Crippen LogP contribution in [-0.4, -0.2) is 49.1 Å². The second-order valence-electron chi connectivity index (χ2n) is 5.43. The molecule has 1 N–H and O–H groups in total. The van der Waals surface area contributed by atoms with Gasteiger partial charge in [0.05, 0.1) is 18.7 Å². The van der Waals surface area contributed by atoms with Gasteiger partial charge < -0.3 is 9.63 Å². The van der Waals surface area contributed by atoms with Gasteiger partial charge in [0.15, 0.2) is 5.82 Å². The van der Waals surface area contributed by atoms with E-state index < -0.39 is 6.10 Å². The highest BCUT2D eigenvalue weighted by atomic mass is 16.5. The molecule has 2 aromatic heterocycles. The van der Waals surface area contributed by atoms with Crippen molar-refractivity contribution in [3.05, 3.63) is 30.2 Å². The molecule has 2 aromatic rings. The molecule has 2 atom stereocenters.